The molecule has 92 valence electrons. The molecular formula is C13H12N2O3. The maximum atomic E-state index is 5.75. The van der Waals surface area contributed by atoms with Gasteiger partial charge in [-0.3, -0.25) is 4.98 Å². The lowest BCUT2D eigenvalue weighted by Gasteiger charge is -2.09. The second kappa shape index (κ2) is 4.54. The van der Waals surface area contributed by atoms with Gasteiger partial charge < -0.3 is 19.9 Å². The van der Waals surface area contributed by atoms with Gasteiger partial charge in [0, 0.05) is 24.4 Å². The second-order valence-electron chi connectivity index (χ2n) is 3.80. The molecule has 0 fully saturated rings. The van der Waals surface area contributed by atoms with Crippen LogP contribution in [0.15, 0.2) is 36.7 Å². The molecule has 1 aromatic heterocycles. The molecule has 18 heavy (non-hydrogen) atoms. The van der Waals surface area contributed by atoms with E-state index in [4.69, 9.17) is 19.9 Å². The number of hydrogen-bond acceptors (Lipinski definition) is 5. The number of nitrogens with zero attached hydrogens (tertiary/aromatic N) is 1. The van der Waals surface area contributed by atoms with E-state index in [1.54, 1.807) is 18.5 Å². The molecule has 1 aromatic carbocycles. The van der Waals surface area contributed by atoms with E-state index in [2.05, 4.69) is 4.98 Å². The summed E-state index contributed by atoms with van der Waals surface area (Å²) in [4.78, 5) is 4.03. The quantitative estimate of drug-likeness (QED) is 0.895. The van der Waals surface area contributed by atoms with Crippen LogP contribution in [0.3, 0.4) is 0 Å². The van der Waals surface area contributed by atoms with E-state index in [9.17, 15) is 0 Å². The highest BCUT2D eigenvalue weighted by atomic mass is 16.7. The van der Waals surface area contributed by atoms with Crippen LogP contribution < -0.4 is 19.9 Å². The molecule has 0 radical (unpaired) electrons. The first-order chi connectivity index (χ1) is 8.86. The van der Waals surface area contributed by atoms with Crippen molar-refractivity contribution < 1.29 is 14.2 Å². The summed E-state index contributed by atoms with van der Waals surface area (Å²) in [6, 6.07) is 7.26. The molecule has 0 atom stereocenters. The van der Waals surface area contributed by atoms with Crippen LogP contribution >= 0.6 is 0 Å². The molecular weight excluding hydrogens is 232 g/mol. The normalized spacial score (nSPS) is 12.5. The minimum Gasteiger partial charge on any atom is -0.455 e. The topological polar surface area (TPSA) is 66.6 Å². The van der Waals surface area contributed by atoms with Crippen LogP contribution in [0.25, 0.3) is 0 Å². The summed E-state index contributed by atoms with van der Waals surface area (Å²) in [7, 11) is 0. The molecule has 0 unspecified atom stereocenters. The Labute approximate surface area is 104 Å². The fraction of sp³-hybridized carbons (Fsp3) is 0.154. The predicted octanol–water partition coefficient (Wildman–Crippen LogP) is 2.06. The predicted molar refractivity (Wildman–Crippen MR) is 64.8 cm³/mol. The molecule has 0 amide bonds. The van der Waals surface area contributed by atoms with E-state index in [1.807, 2.05) is 18.2 Å². The van der Waals surface area contributed by atoms with E-state index in [1.165, 1.54) is 0 Å². The largest absolute Gasteiger partial charge is 0.455 e. The van der Waals surface area contributed by atoms with Gasteiger partial charge in [0.2, 0.25) is 6.79 Å². The van der Waals surface area contributed by atoms with E-state index < -0.39 is 0 Å². The summed E-state index contributed by atoms with van der Waals surface area (Å²) in [6.45, 7) is 0.655. The van der Waals surface area contributed by atoms with Gasteiger partial charge in [-0.15, -0.1) is 0 Å². The standard InChI is InChI=1S/C13H12N2O3/c14-6-9-3-4-15-7-13(9)18-10-1-2-11-12(5-10)17-8-16-11/h1-5,7H,6,8,14H2. The summed E-state index contributed by atoms with van der Waals surface area (Å²) in [5, 5.41) is 0. The molecule has 5 heteroatoms. The number of aromatic nitrogens is 1. The molecule has 0 spiro atoms. The molecule has 1 aliphatic rings. The maximum Gasteiger partial charge on any atom is 0.231 e. The average molecular weight is 244 g/mol. The van der Waals surface area contributed by atoms with Gasteiger partial charge in [-0.2, -0.15) is 0 Å². The zero-order valence-electron chi connectivity index (χ0n) is 9.63. The van der Waals surface area contributed by atoms with Gasteiger partial charge in [0.25, 0.3) is 0 Å². The number of pyridine rings is 1. The maximum absolute atomic E-state index is 5.75. The first-order valence-electron chi connectivity index (χ1n) is 5.57. The Morgan fingerprint density at radius 2 is 2.11 bits per heavy atom. The van der Waals surface area contributed by atoms with Crippen LogP contribution in [0.2, 0.25) is 0 Å². The summed E-state index contributed by atoms with van der Waals surface area (Å²) in [5.41, 5.74) is 6.55. The lowest BCUT2D eigenvalue weighted by molar-refractivity contribution is 0.174. The Hall–Kier alpha value is -2.27. The van der Waals surface area contributed by atoms with Gasteiger partial charge in [0.05, 0.1) is 6.20 Å². The van der Waals surface area contributed by atoms with Crippen LogP contribution in [0.4, 0.5) is 0 Å². The third kappa shape index (κ3) is 1.96. The van der Waals surface area contributed by atoms with Crippen molar-refractivity contribution in [1.29, 1.82) is 0 Å². The molecule has 5 nitrogen and oxygen atoms in total. The molecule has 0 bridgehead atoms. The lowest BCUT2D eigenvalue weighted by Crippen LogP contribution is -1.99. The van der Waals surface area contributed by atoms with E-state index >= 15 is 0 Å². The minimum atomic E-state index is 0.250. The van der Waals surface area contributed by atoms with Crippen molar-refractivity contribution in [1.82, 2.24) is 4.98 Å². The number of nitrogens with two attached hydrogens (primary N) is 1. The number of fused-ring (bicyclic) bond motifs is 1. The Balaban J connectivity index is 1.88. The number of ether oxygens (including phenoxy) is 3. The summed E-state index contributed by atoms with van der Waals surface area (Å²) < 4.78 is 16.3. The average Bonchev–Trinajstić information content (AvgIpc) is 2.87. The second-order valence-corrected chi connectivity index (χ2v) is 3.80. The summed E-state index contributed by atoms with van der Waals surface area (Å²) >= 11 is 0. The molecule has 0 saturated carbocycles. The Bertz CT molecular complexity index is 572. The van der Waals surface area contributed by atoms with Crippen LogP contribution in [0.1, 0.15) is 5.56 Å². The van der Waals surface area contributed by atoms with Gasteiger partial charge in [0.15, 0.2) is 11.5 Å². The number of rotatable bonds is 3. The van der Waals surface area contributed by atoms with Crippen LogP contribution in [0, 0.1) is 0 Å². The van der Waals surface area contributed by atoms with Crippen molar-refractivity contribution >= 4 is 0 Å². The fourth-order valence-corrected chi connectivity index (χ4v) is 1.74. The summed E-state index contributed by atoms with van der Waals surface area (Å²) in [6.07, 6.45) is 3.33. The van der Waals surface area contributed by atoms with Crippen molar-refractivity contribution in [2.45, 2.75) is 6.54 Å². The molecule has 3 rings (SSSR count). The third-order valence-corrected chi connectivity index (χ3v) is 2.66. The minimum absolute atomic E-state index is 0.250. The third-order valence-electron chi connectivity index (χ3n) is 2.66. The van der Waals surface area contributed by atoms with Gasteiger partial charge in [-0.1, -0.05) is 0 Å². The van der Waals surface area contributed by atoms with Gasteiger partial charge in [0.1, 0.15) is 11.5 Å². The summed E-state index contributed by atoms with van der Waals surface area (Å²) in [5.74, 6) is 2.74. The SMILES string of the molecule is NCc1ccncc1Oc1ccc2c(c1)OCO2. The zero-order chi connectivity index (χ0) is 12.4. The fourth-order valence-electron chi connectivity index (χ4n) is 1.74. The smallest absolute Gasteiger partial charge is 0.231 e. The van der Waals surface area contributed by atoms with E-state index in [0.717, 1.165) is 11.3 Å². The Morgan fingerprint density at radius 1 is 1.22 bits per heavy atom. The van der Waals surface area contributed by atoms with Crippen LogP contribution in [-0.4, -0.2) is 11.8 Å². The Kier molecular flexibility index (Phi) is 2.74. The highest BCUT2D eigenvalue weighted by Gasteiger charge is 2.14. The van der Waals surface area contributed by atoms with Crippen LogP contribution in [-0.2, 0) is 6.54 Å². The molecule has 2 N–H and O–H groups in total. The molecule has 0 saturated heterocycles. The van der Waals surface area contributed by atoms with Crippen molar-refractivity contribution in [3.05, 3.63) is 42.2 Å². The zero-order valence-corrected chi connectivity index (χ0v) is 9.63. The van der Waals surface area contributed by atoms with Crippen molar-refractivity contribution in [2.24, 2.45) is 5.73 Å². The lowest BCUT2D eigenvalue weighted by atomic mass is 10.2. The van der Waals surface area contributed by atoms with Crippen molar-refractivity contribution in [2.75, 3.05) is 6.79 Å². The molecule has 1 aliphatic heterocycles. The monoisotopic (exact) mass is 244 g/mol. The van der Waals surface area contributed by atoms with Gasteiger partial charge >= 0.3 is 0 Å². The van der Waals surface area contributed by atoms with Crippen LogP contribution in [0.5, 0.6) is 23.0 Å². The molecule has 2 aromatic rings. The highest BCUT2D eigenvalue weighted by Crippen LogP contribution is 2.36. The van der Waals surface area contributed by atoms with E-state index in [-0.39, 0.29) is 6.79 Å². The first-order valence-corrected chi connectivity index (χ1v) is 5.57. The Morgan fingerprint density at radius 3 is 3.00 bits per heavy atom. The number of hydrogen-bond donors (Lipinski definition) is 1. The van der Waals surface area contributed by atoms with E-state index in [0.29, 0.717) is 23.8 Å². The molecule has 0 aliphatic carbocycles. The van der Waals surface area contributed by atoms with Gasteiger partial charge in [-0.05, 0) is 18.2 Å². The highest BCUT2D eigenvalue weighted by molar-refractivity contribution is 5.48. The van der Waals surface area contributed by atoms with Crippen molar-refractivity contribution in [3.63, 3.8) is 0 Å². The number of benzene rings is 1. The van der Waals surface area contributed by atoms with Gasteiger partial charge in [-0.25, -0.2) is 0 Å². The molecule has 2 heterocycles. The van der Waals surface area contributed by atoms with Crippen molar-refractivity contribution in [3.8, 4) is 23.0 Å². The first kappa shape index (κ1) is 10.9.